The lowest BCUT2D eigenvalue weighted by molar-refractivity contribution is 0.670. The van der Waals surface area contributed by atoms with Crippen LogP contribution in [0.1, 0.15) is 30.9 Å². The van der Waals surface area contributed by atoms with Gasteiger partial charge >= 0.3 is 0 Å². The number of hydrogen-bond donors (Lipinski definition) is 0. The molecule has 2 aromatic heterocycles. The maximum absolute atomic E-state index is 9.88. The highest BCUT2D eigenvalue weighted by Crippen LogP contribution is 2.38. The first-order valence-corrected chi connectivity index (χ1v) is 10.1. The number of nitrogens with zero attached hydrogens (tertiary/aromatic N) is 2. The molecule has 30 heavy (non-hydrogen) atoms. The van der Waals surface area contributed by atoms with E-state index in [9.17, 15) is 5.26 Å². The molecule has 3 heteroatoms. The largest absolute Gasteiger partial charge is 0.455 e. The van der Waals surface area contributed by atoms with Gasteiger partial charge in [0.25, 0.3) is 0 Å². The van der Waals surface area contributed by atoms with Gasteiger partial charge in [-0.25, -0.2) is 0 Å². The second-order valence-corrected chi connectivity index (χ2v) is 7.78. The summed E-state index contributed by atoms with van der Waals surface area (Å²) in [6, 6.07) is 26.7. The summed E-state index contributed by atoms with van der Waals surface area (Å²) < 4.78 is 6.31. The number of para-hydroxylation sites is 1. The molecule has 0 amide bonds. The van der Waals surface area contributed by atoms with E-state index < -0.39 is 0 Å². The number of rotatable bonds is 3. The SMILES string of the molecule is CC(C)c1ccc(-c2cc(C#N)c3c(c2)oc2c(-c4ccccn4)cccc23)cc1. The highest BCUT2D eigenvalue weighted by atomic mass is 16.3. The molecule has 5 aromatic rings. The van der Waals surface area contributed by atoms with Crippen LogP contribution in [0.5, 0.6) is 0 Å². The predicted molar refractivity (Wildman–Crippen MR) is 121 cm³/mol. The third-order valence-corrected chi connectivity index (χ3v) is 5.57. The van der Waals surface area contributed by atoms with Gasteiger partial charge in [0.05, 0.1) is 17.3 Å². The Morgan fingerprint density at radius 2 is 1.73 bits per heavy atom. The van der Waals surface area contributed by atoms with Crippen LogP contribution in [0.3, 0.4) is 0 Å². The van der Waals surface area contributed by atoms with Crippen molar-refractivity contribution < 1.29 is 4.42 Å². The summed E-state index contributed by atoms with van der Waals surface area (Å²) in [7, 11) is 0. The third-order valence-electron chi connectivity index (χ3n) is 5.57. The third kappa shape index (κ3) is 2.94. The topological polar surface area (TPSA) is 49.8 Å². The summed E-state index contributed by atoms with van der Waals surface area (Å²) in [5.74, 6) is 0.483. The average Bonchev–Trinajstić information content (AvgIpc) is 3.18. The van der Waals surface area contributed by atoms with Gasteiger partial charge < -0.3 is 4.42 Å². The van der Waals surface area contributed by atoms with Gasteiger partial charge in [0.15, 0.2) is 0 Å². The van der Waals surface area contributed by atoms with E-state index in [-0.39, 0.29) is 0 Å². The fourth-order valence-corrected chi connectivity index (χ4v) is 3.97. The van der Waals surface area contributed by atoms with Crippen molar-refractivity contribution in [2.45, 2.75) is 19.8 Å². The van der Waals surface area contributed by atoms with Crippen molar-refractivity contribution in [1.82, 2.24) is 4.98 Å². The Hall–Kier alpha value is -3.90. The van der Waals surface area contributed by atoms with Crippen LogP contribution in [0.15, 0.2) is 83.4 Å². The van der Waals surface area contributed by atoms with Gasteiger partial charge in [0, 0.05) is 22.5 Å². The molecule has 3 aromatic carbocycles. The Balaban J connectivity index is 1.74. The molecule has 5 rings (SSSR count). The number of furan rings is 1. The van der Waals surface area contributed by atoms with E-state index in [1.54, 1.807) is 6.20 Å². The van der Waals surface area contributed by atoms with E-state index in [4.69, 9.17) is 4.42 Å². The molecule has 2 heterocycles. The number of nitriles is 1. The molecule has 0 spiro atoms. The van der Waals surface area contributed by atoms with E-state index in [0.717, 1.165) is 44.3 Å². The minimum Gasteiger partial charge on any atom is -0.455 e. The fourth-order valence-electron chi connectivity index (χ4n) is 3.97. The molecule has 0 unspecified atom stereocenters. The highest BCUT2D eigenvalue weighted by molar-refractivity contribution is 6.12. The van der Waals surface area contributed by atoms with Gasteiger partial charge in [-0.3, -0.25) is 4.98 Å². The minimum atomic E-state index is 0.483. The van der Waals surface area contributed by atoms with Crippen molar-refractivity contribution in [2.75, 3.05) is 0 Å². The molecule has 0 aliphatic rings. The van der Waals surface area contributed by atoms with Gasteiger partial charge in [0.1, 0.15) is 11.2 Å². The molecule has 3 nitrogen and oxygen atoms in total. The molecule has 0 saturated heterocycles. The van der Waals surface area contributed by atoms with Crippen LogP contribution in [0.2, 0.25) is 0 Å². The summed E-state index contributed by atoms with van der Waals surface area (Å²) in [4.78, 5) is 4.47. The van der Waals surface area contributed by atoms with Gasteiger partial charge in [-0.2, -0.15) is 5.26 Å². The maximum atomic E-state index is 9.88. The summed E-state index contributed by atoms with van der Waals surface area (Å²) >= 11 is 0. The average molecular weight is 388 g/mol. The van der Waals surface area contributed by atoms with Crippen LogP contribution in [0, 0.1) is 11.3 Å². The van der Waals surface area contributed by atoms with Gasteiger partial charge in [-0.15, -0.1) is 0 Å². The fraction of sp³-hybridized carbons (Fsp3) is 0.111. The predicted octanol–water partition coefficient (Wildman–Crippen LogP) is 7.31. The molecular weight excluding hydrogens is 368 g/mol. The van der Waals surface area contributed by atoms with E-state index in [1.165, 1.54) is 5.56 Å². The Morgan fingerprint density at radius 3 is 2.43 bits per heavy atom. The minimum absolute atomic E-state index is 0.483. The smallest absolute Gasteiger partial charge is 0.144 e. The Morgan fingerprint density at radius 1 is 0.900 bits per heavy atom. The standard InChI is InChI=1S/C27H20N2O/c1-17(2)18-9-11-19(12-10-18)20-14-21(16-28)26-23-7-5-6-22(24-8-3-4-13-29-24)27(23)30-25(26)15-20/h3-15,17H,1-2H3. The number of benzene rings is 3. The quantitative estimate of drug-likeness (QED) is 0.325. The van der Waals surface area contributed by atoms with Crippen molar-refractivity contribution in [3.05, 3.63) is 90.1 Å². The second kappa shape index (κ2) is 7.17. The van der Waals surface area contributed by atoms with Crippen LogP contribution in [-0.4, -0.2) is 4.98 Å². The maximum Gasteiger partial charge on any atom is 0.144 e. The zero-order valence-electron chi connectivity index (χ0n) is 16.9. The normalized spacial score (nSPS) is 11.3. The summed E-state index contributed by atoms with van der Waals surface area (Å²) in [5.41, 5.74) is 7.22. The molecule has 0 aliphatic heterocycles. The lowest BCUT2D eigenvalue weighted by Gasteiger charge is -2.07. The van der Waals surface area contributed by atoms with Crippen LogP contribution >= 0.6 is 0 Å². The molecule has 0 fully saturated rings. The summed E-state index contributed by atoms with van der Waals surface area (Å²) in [5, 5.41) is 11.7. The first-order chi connectivity index (χ1) is 14.7. The Kier molecular flexibility index (Phi) is 4.34. The van der Waals surface area contributed by atoms with Crippen molar-refractivity contribution in [2.24, 2.45) is 0 Å². The summed E-state index contributed by atoms with van der Waals surface area (Å²) in [6.45, 7) is 4.37. The molecule has 0 atom stereocenters. The molecule has 0 N–H and O–H groups in total. The molecule has 0 bridgehead atoms. The van der Waals surface area contributed by atoms with Gasteiger partial charge in [-0.1, -0.05) is 56.3 Å². The number of pyridine rings is 1. The first kappa shape index (κ1) is 18.1. The van der Waals surface area contributed by atoms with E-state index in [1.807, 2.05) is 48.5 Å². The van der Waals surface area contributed by atoms with Crippen molar-refractivity contribution in [3.8, 4) is 28.5 Å². The molecular formula is C27H20N2O. The zero-order valence-corrected chi connectivity index (χ0v) is 16.9. The van der Waals surface area contributed by atoms with Crippen molar-refractivity contribution >= 4 is 21.9 Å². The highest BCUT2D eigenvalue weighted by Gasteiger charge is 2.17. The lowest BCUT2D eigenvalue weighted by Crippen LogP contribution is -1.87. The van der Waals surface area contributed by atoms with Crippen LogP contribution in [0.25, 0.3) is 44.3 Å². The second-order valence-electron chi connectivity index (χ2n) is 7.78. The molecule has 0 aliphatic carbocycles. The van der Waals surface area contributed by atoms with Gasteiger partial charge in [0.2, 0.25) is 0 Å². The summed E-state index contributed by atoms with van der Waals surface area (Å²) in [6.07, 6.45) is 1.77. The number of fused-ring (bicyclic) bond motifs is 3. The number of hydrogen-bond acceptors (Lipinski definition) is 3. The zero-order chi connectivity index (χ0) is 20.7. The molecule has 0 radical (unpaired) electrons. The first-order valence-electron chi connectivity index (χ1n) is 10.1. The van der Waals surface area contributed by atoms with Crippen LogP contribution in [-0.2, 0) is 0 Å². The Labute approximate surface area is 175 Å². The Bertz CT molecular complexity index is 1410. The monoisotopic (exact) mass is 388 g/mol. The van der Waals surface area contributed by atoms with Crippen LogP contribution < -0.4 is 0 Å². The van der Waals surface area contributed by atoms with E-state index in [2.05, 4.69) is 49.2 Å². The molecule has 144 valence electrons. The van der Waals surface area contributed by atoms with E-state index >= 15 is 0 Å². The lowest BCUT2D eigenvalue weighted by atomic mass is 9.96. The molecule has 0 saturated carbocycles. The van der Waals surface area contributed by atoms with Crippen molar-refractivity contribution in [1.29, 1.82) is 5.26 Å². The van der Waals surface area contributed by atoms with Crippen LogP contribution in [0.4, 0.5) is 0 Å². The van der Waals surface area contributed by atoms with Crippen molar-refractivity contribution in [3.63, 3.8) is 0 Å². The van der Waals surface area contributed by atoms with Gasteiger partial charge in [-0.05, 0) is 52.9 Å². The number of aromatic nitrogens is 1. The van der Waals surface area contributed by atoms with E-state index in [0.29, 0.717) is 11.5 Å².